The van der Waals surface area contributed by atoms with Gasteiger partial charge in [0.15, 0.2) is 0 Å². The first-order chi connectivity index (χ1) is 9.16. The predicted molar refractivity (Wildman–Crippen MR) is 82.6 cm³/mol. The Morgan fingerprint density at radius 3 is 2.26 bits per heavy atom. The lowest BCUT2D eigenvalue weighted by molar-refractivity contribution is 0.154. The van der Waals surface area contributed by atoms with Crippen molar-refractivity contribution in [1.82, 2.24) is 15.1 Å². The molecule has 0 bridgehead atoms. The SMILES string of the molecule is CC(NCC(C)N1CCCCC1)C1CCN(C)CC1. The van der Waals surface area contributed by atoms with Crippen LogP contribution in [0.4, 0.5) is 0 Å². The molecular weight excluding hydrogens is 234 g/mol. The van der Waals surface area contributed by atoms with Crippen molar-refractivity contribution in [3.05, 3.63) is 0 Å². The first-order valence-corrected chi connectivity index (χ1v) is 8.33. The van der Waals surface area contributed by atoms with E-state index in [2.05, 4.69) is 36.0 Å². The van der Waals surface area contributed by atoms with Gasteiger partial charge < -0.3 is 10.2 Å². The van der Waals surface area contributed by atoms with Crippen molar-refractivity contribution in [2.24, 2.45) is 5.92 Å². The molecule has 2 atom stereocenters. The molecule has 0 spiro atoms. The monoisotopic (exact) mass is 267 g/mol. The lowest BCUT2D eigenvalue weighted by Crippen LogP contribution is -2.47. The van der Waals surface area contributed by atoms with E-state index in [4.69, 9.17) is 0 Å². The topological polar surface area (TPSA) is 18.5 Å². The van der Waals surface area contributed by atoms with Gasteiger partial charge in [0.1, 0.15) is 0 Å². The molecule has 2 aliphatic heterocycles. The Kier molecular flexibility index (Phi) is 6.11. The number of likely N-dealkylation sites (tertiary alicyclic amines) is 2. The van der Waals surface area contributed by atoms with Crippen molar-refractivity contribution in [1.29, 1.82) is 0 Å². The number of hydrogen-bond donors (Lipinski definition) is 1. The highest BCUT2D eigenvalue weighted by molar-refractivity contribution is 4.81. The summed E-state index contributed by atoms with van der Waals surface area (Å²) in [6.45, 7) is 11.1. The van der Waals surface area contributed by atoms with Gasteiger partial charge in [-0.1, -0.05) is 6.42 Å². The van der Waals surface area contributed by atoms with Gasteiger partial charge in [-0.3, -0.25) is 4.90 Å². The summed E-state index contributed by atoms with van der Waals surface area (Å²) >= 11 is 0. The Balaban J connectivity index is 1.66. The molecule has 0 amide bonds. The highest BCUT2D eigenvalue weighted by Crippen LogP contribution is 2.20. The quantitative estimate of drug-likeness (QED) is 0.824. The number of nitrogens with zero attached hydrogens (tertiary/aromatic N) is 2. The van der Waals surface area contributed by atoms with E-state index in [0.717, 1.165) is 12.5 Å². The maximum Gasteiger partial charge on any atom is 0.0192 e. The zero-order valence-corrected chi connectivity index (χ0v) is 13.2. The number of nitrogens with one attached hydrogen (secondary N) is 1. The summed E-state index contributed by atoms with van der Waals surface area (Å²) in [6, 6.07) is 1.38. The molecule has 2 unspecified atom stereocenters. The van der Waals surface area contributed by atoms with Crippen LogP contribution in [-0.4, -0.2) is 61.7 Å². The van der Waals surface area contributed by atoms with Gasteiger partial charge in [0.25, 0.3) is 0 Å². The third-order valence-corrected chi connectivity index (χ3v) is 5.22. The molecule has 2 rings (SSSR count). The molecule has 0 radical (unpaired) electrons. The third-order valence-electron chi connectivity index (χ3n) is 5.22. The molecule has 3 heteroatoms. The van der Waals surface area contributed by atoms with Crippen molar-refractivity contribution < 1.29 is 0 Å². The Bertz CT molecular complexity index is 242. The molecule has 1 N–H and O–H groups in total. The smallest absolute Gasteiger partial charge is 0.0192 e. The first-order valence-electron chi connectivity index (χ1n) is 8.33. The first kappa shape index (κ1) is 15.3. The van der Waals surface area contributed by atoms with E-state index < -0.39 is 0 Å². The van der Waals surface area contributed by atoms with Crippen LogP contribution in [0.15, 0.2) is 0 Å². The van der Waals surface area contributed by atoms with Gasteiger partial charge in [-0.15, -0.1) is 0 Å². The van der Waals surface area contributed by atoms with Crippen molar-refractivity contribution >= 4 is 0 Å². The van der Waals surface area contributed by atoms with Crippen molar-refractivity contribution in [2.45, 2.75) is 58.0 Å². The number of rotatable bonds is 5. The fraction of sp³-hybridized carbons (Fsp3) is 1.00. The molecule has 2 aliphatic rings. The van der Waals surface area contributed by atoms with E-state index >= 15 is 0 Å². The molecule has 0 aromatic heterocycles. The van der Waals surface area contributed by atoms with Crippen molar-refractivity contribution in [2.75, 3.05) is 39.8 Å². The van der Waals surface area contributed by atoms with Crippen molar-refractivity contribution in [3.63, 3.8) is 0 Å². The van der Waals surface area contributed by atoms with Crippen LogP contribution in [0.25, 0.3) is 0 Å². The fourth-order valence-corrected chi connectivity index (χ4v) is 3.54. The second-order valence-corrected chi connectivity index (χ2v) is 6.78. The van der Waals surface area contributed by atoms with Gasteiger partial charge in [-0.05, 0) is 78.7 Å². The summed E-state index contributed by atoms with van der Waals surface area (Å²) in [5, 5.41) is 3.80. The van der Waals surface area contributed by atoms with Crippen LogP contribution in [0.1, 0.15) is 46.0 Å². The van der Waals surface area contributed by atoms with Crippen LogP contribution in [0.3, 0.4) is 0 Å². The summed E-state index contributed by atoms with van der Waals surface area (Å²) in [5.41, 5.74) is 0. The van der Waals surface area contributed by atoms with Crippen LogP contribution in [0.2, 0.25) is 0 Å². The van der Waals surface area contributed by atoms with Crippen molar-refractivity contribution in [3.8, 4) is 0 Å². The van der Waals surface area contributed by atoms with Gasteiger partial charge in [0, 0.05) is 18.6 Å². The molecule has 2 saturated heterocycles. The Morgan fingerprint density at radius 2 is 1.63 bits per heavy atom. The Morgan fingerprint density at radius 1 is 1.00 bits per heavy atom. The highest BCUT2D eigenvalue weighted by atomic mass is 15.2. The maximum absolute atomic E-state index is 3.80. The van der Waals surface area contributed by atoms with Crippen LogP contribution >= 0.6 is 0 Å². The number of piperidine rings is 2. The highest BCUT2D eigenvalue weighted by Gasteiger charge is 2.23. The van der Waals surface area contributed by atoms with E-state index in [1.165, 1.54) is 58.3 Å². The second-order valence-electron chi connectivity index (χ2n) is 6.78. The maximum atomic E-state index is 3.80. The molecule has 2 fully saturated rings. The van der Waals surface area contributed by atoms with Crippen LogP contribution < -0.4 is 5.32 Å². The molecule has 0 saturated carbocycles. The third kappa shape index (κ3) is 4.73. The fourth-order valence-electron chi connectivity index (χ4n) is 3.54. The minimum atomic E-state index is 0.681. The normalized spacial score (nSPS) is 27.3. The summed E-state index contributed by atoms with van der Waals surface area (Å²) in [6.07, 6.45) is 6.96. The van der Waals surface area contributed by atoms with Crippen LogP contribution in [0.5, 0.6) is 0 Å². The summed E-state index contributed by atoms with van der Waals surface area (Å²) in [4.78, 5) is 5.12. The molecule has 19 heavy (non-hydrogen) atoms. The van der Waals surface area contributed by atoms with Gasteiger partial charge in [-0.2, -0.15) is 0 Å². The van der Waals surface area contributed by atoms with Crippen LogP contribution in [0, 0.1) is 5.92 Å². The lowest BCUT2D eigenvalue weighted by atomic mass is 9.90. The minimum absolute atomic E-state index is 0.681. The average molecular weight is 267 g/mol. The largest absolute Gasteiger partial charge is 0.312 e. The summed E-state index contributed by atoms with van der Waals surface area (Å²) in [5.74, 6) is 0.879. The lowest BCUT2D eigenvalue weighted by Gasteiger charge is -2.36. The van der Waals surface area contributed by atoms with Crippen LogP contribution in [-0.2, 0) is 0 Å². The Labute approximate surface area is 119 Å². The van der Waals surface area contributed by atoms with E-state index in [1.54, 1.807) is 0 Å². The number of hydrogen-bond acceptors (Lipinski definition) is 3. The second kappa shape index (κ2) is 7.61. The molecule has 0 aromatic carbocycles. The van der Waals surface area contributed by atoms with E-state index in [1.807, 2.05) is 0 Å². The van der Waals surface area contributed by atoms with Gasteiger partial charge in [0.05, 0.1) is 0 Å². The van der Waals surface area contributed by atoms with E-state index in [-0.39, 0.29) is 0 Å². The standard InChI is InChI=1S/C16H33N3/c1-14(19-9-5-4-6-10-19)13-17-15(2)16-7-11-18(3)12-8-16/h14-17H,4-13H2,1-3H3. The molecule has 112 valence electrons. The molecule has 0 aromatic rings. The molecule has 0 aliphatic carbocycles. The zero-order valence-electron chi connectivity index (χ0n) is 13.2. The molecule has 2 heterocycles. The van der Waals surface area contributed by atoms with Gasteiger partial charge in [-0.25, -0.2) is 0 Å². The summed E-state index contributed by atoms with van der Waals surface area (Å²) < 4.78 is 0. The molecule has 3 nitrogen and oxygen atoms in total. The molecular formula is C16H33N3. The zero-order chi connectivity index (χ0) is 13.7. The summed E-state index contributed by atoms with van der Waals surface area (Å²) in [7, 11) is 2.24. The average Bonchev–Trinajstić information content (AvgIpc) is 2.46. The van der Waals surface area contributed by atoms with Gasteiger partial charge >= 0.3 is 0 Å². The predicted octanol–water partition coefficient (Wildman–Crippen LogP) is 2.18. The van der Waals surface area contributed by atoms with E-state index in [9.17, 15) is 0 Å². The van der Waals surface area contributed by atoms with Gasteiger partial charge in [0.2, 0.25) is 0 Å². The minimum Gasteiger partial charge on any atom is -0.312 e. The Hall–Kier alpha value is -0.120. The van der Waals surface area contributed by atoms with E-state index in [0.29, 0.717) is 12.1 Å².